The van der Waals surface area contributed by atoms with E-state index in [0.717, 1.165) is 22.6 Å². The molecule has 0 aromatic heterocycles. The predicted octanol–water partition coefficient (Wildman–Crippen LogP) is 4.94. The number of hydrogen-bond acceptors (Lipinski definition) is 3. The minimum absolute atomic E-state index is 0.100. The molecular formula is C20H18F2INO4. The van der Waals surface area contributed by atoms with Crippen molar-refractivity contribution in [3.8, 4) is 5.75 Å². The number of alkyl halides is 3. The molecule has 0 saturated carbocycles. The first-order chi connectivity index (χ1) is 13.1. The molecule has 0 aliphatic heterocycles. The summed E-state index contributed by atoms with van der Waals surface area (Å²) < 4.78 is 23.7. The third-order valence-electron chi connectivity index (χ3n) is 4.01. The number of hydrogen-bond donors (Lipinski definition) is 3. The van der Waals surface area contributed by atoms with E-state index in [1.807, 2.05) is 6.92 Å². The number of carbonyl (C=O) groups is 2. The maximum absolute atomic E-state index is 13.3. The Bertz CT molecular complexity index is 905. The van der Waals surface area contributed by atoms with Crippen LogP contribution in [0.25, 0.3) is 5.57 Å². The van der Waals surface area contributed by atoms with E-state index in [1.54, 1.807) is 0 Å². The van der Waals surface area contributed by atoms with E-state index >= 15 is 0 Å². The Morgan fingerprint density at radius 1 is 1.18 bits per heavy atom. The third kappa shape index (κ3) is 5.75. The molecule has 8 heteroatoms. The molecule has 0 spiro atoms. The standard InChI is InChI=1S/C20H18F2INO4/c1-2-12(13-6-8-14(9-7-13)20(21,22)23)10-18(26)24-16-4-3-5-17(25)15(16)11-19(27)28/h3-10,25H,2,11H2,1H3,(H,24,26)(H,27,28)/b12-10+. The van der Waals surface area contributed by atoms with Gasteiger partial charge >= 0.3 is 9.90 Å². The van der Waals surface area contributed by atoms with Crippen LogP contribution in [0.5, 0.6) is 5.75 Å². The summed E-state index contributed by atoms with van der Waals surface area (Å²) in [6, 6.07) is 9.98. The van der Waals surface area contributed by atoms with Crippen LogP contribution in [0.2, 0.25) is 0 Å². The molecule has 0 aliphatic rings. The minimum Gasteiger partial charge on any atom is -0.508 e. The summed E-state index contributed by atoms with van der Waals surface area (Å²) in [6.07, 6.45) is 1.36. The van der Waals surface area contributed by atoms with Crippen LogP contribution in [0.4, 0.5) is 14.5 Å². The van der Waals surface area contributed by atoms with E-state index in [-0.39, 0.29) is 22.6 Å². The van der Waals surface area contributed by atoms with Gasteiger partial charge in [-0.25, -0.2) is 0 Å². The van der Waals surface area contributed by atoms with Crippen LogP contribution in [-0.2, 0) is 19.9 Å². The number of allylic oxidation sites excluding steroid dienone is 1. The number of halogens is 3. The number of anilines is 1. The largest absolute Gasteiger partial charge is 0.508 e. The van der Waals surface area contributed by atoms with Gasteiger partial charge in [0.2, 0.25) is 5.91 Å². The Morgan fingerprint density at radius 2 is 1.82 bits per heavy atom. The fraction of sp³-hybridized carbons (Fsp3) is 0.200. The molecular weight excluding hydrogens is 483 g/mol. The highest BCUT2D eigenvalue weighted by molar-refractivity contribution is 14.1. The minimum atomic E-state index is -2.97. The van der Waals surface area contributed by atoms with Gasteiger partial charge in [0.25, 0.3) is 0 Å². The van der Waals surface area contributed by atoms with Crippen molar-refractivity contribution in [1.82, 2.24) is 0 Å². The van der Waals surface area contributed by atoms with Crippen molar-refractivity contribution >= 4 is 45.7 Å². The first-order valence-electron chi connectivity index (χ1n) is 8.33. The summed E-state index contributed by atoms with van der Waals surface area (Å²) in [5.41, 5.74) is 1.42. The number of phenolic OH excluding ortho intramolecular Hbond substituents is 1. The Labute approximate surface area is 174 Å². The zero-order chi connectivity index (χ0) is 20.9. The molecule has 2 aromatic rings. The van der Waals surface area contributed by atoms with Crippen LogP contribution in [0, 0.1) is 0 Å². The fourth-order valence-corrected chi connectivity index (χ4v) is 2.98. The van der Waals surface area contributed by atoms with E-state index in [9.17, 15) is 23.5 Å². The molecule has 2 rings (SSSR count). The highest BCUT2D eigenvalue weighted by atomic mass is 127. The third-order valence-corrected chi connectivity index (χ3v) is 4.63. The second-order valence-electron chi connectivity index (χ2n) is 5.96. The average molecular weight is 501 g/mol. The summed E-state index contributed by atoms with van der Waals surface area (Å²) in [7, 11) is 0. The number of aliphatic carboxylic acids is 1. The van der Waals surface area contributed by atoms with Gasteiger partial charge in [-0.1, -0.05) is 37.3 Å². The van der Waals surface area contributed by atoms with Gasteiger partial charge in [0, 0.05) is 45.5 Å². The van der Waals surface area contributed by atoms with Crippen molar-refractivity contribution in [2.75, 3.05) is 5.32 Å². The molecule has 1 amide bonds. The smallest absolute Gasteiger partial charge is 0.321 e. The maximum atomic E-state index is 13.3. The quantitative estimate of drug-likeness (QED) is 0.285. The van der Waals surface area contributed by atoms with Crippen molar-refractivity contribution in [2.24, 2.45) is 0 Å². The Balaban J connectivity index is 2.25. The molecule has 2 aromatic carbocycles. The summed E-state index contributed by atoms with van der Waals surface area (Å²) in [5.74, 6) is -1.89. The van der Waals surface area contributed by atoms with E-state index < -0.39 is 22.2 Å². The molecule has 0 atom stereocenters. The van der Waals surface area contributed by atoms with E-state index in [1.165, 1.54) is 48.5 Å². The molecule has 5 nitrogen and oxygen atoms in total. The molecule has 0 aliphatic carbocycles. The molecule has 0 saturated heterocycles. The first kappa shape index (κ1) is 21.8. The first-order valence-corrected chi connectivity index (χ1v) is 9.41. The van der Waals surface area contributed by atoms with Gasteiger partial charge in [0.05, 0.1) is 6.42 Å². The summed E-state index contributed by atoms with van der Waals surface area (Å²) in [4.78, 5) is 23.4. The van der Waals surface area contributed by atoms with Gasteiger partial charge in [-0.15, -0.1) is 0 Å². The monoisotopic (exact) mass is 501 g/mol. The lowest BCUT2D eigenvalue weighted by Crippen LogP contribution is -2.12. The number of benzene rings is 2. The zero-order valence-electron chi connectivity index (χ0n) is 14.9. The van der Waals surface area contributed by atoms with E-state index in [2.05, 4.69) is 5.32 Å². The van der Waals surface area contributed by atoms with Crippen LogP contribution in [0.3, 0.4) is 0 Å². The van der Waals surface area contributed by atoms with Crippen LogP contribution in [0.15, 0.2) is 48.5 Å². The molecule has 0 unspecified atom stereocenters. The van der Waals surface area contributed by atoms with Crippen LogP contribution >= 0.6 is 22.6 Å². The lowest BCUT2D eigenvalue weighted by Gasteiger charge is -2.12. The summed E-state index contributed by atoms with van der Waals surface area (Å²) >= 11 is 1.05. The summed E-state index contributed by atoms with van der Waals surface area (Å²) in [6.45, 7) is 1.82. The Hall–Kier alpha value is -2.49. The number of aromatic hydroxyl groups is 1. The number of nitrogens with one attached hydrogen (secondary N) is 1. The summed E-state index contributed by atoms with van der Waals surface area (Å²) in [5, 5.41) is 21.4. The van der Waals surface area contributed by atoms with Gasteiger partial charge in [-0.3, -0.25) is 9.59 Å². The van der Waals surface area contributed by atoms with Gasteiger partial charge in [0.1, 0.15) is 5.75 Å². The molecule has 0 heterocycles. The van der Waals surface area contributed by atoms with Gasteiger partial charge in [-0.05, 0) is 29.7 Å². The van der Waals surface area contributed by atoms with Crippen LogP contribution in [0.1, 0.15) is 30.0 Å². The topological polar surface area (TPSA) is 86.6 Å². The van der Waals surface area contributed by atoms with Crippen LogP contribution in [-0.4, -0.2) is 22.1 Å². The molecule has 148 valence electrons. The number of phenols is 1. The highest BCUT2D eigenvalue weighted by Crippen LogP contribution is 2.35. The molecule has 0 fully saturated rings. The van der Waals surface area contributed by atoms with Gasteiger partial charge < -0.3 is 15.5 Å². The number of carbonyl (C=O) groups excluding carboxylic acids is 1. The average Bonchev–Trinajstić information content (AvgIpc) is 2.62. The number of amides is 1. The van der Waals surface area contributed by atoms with Gasteiger partial charge in [-0.2, -0.15) is 8.78 Å². The highest BCUT2D eigenvalue weighted by Gasteiger charge is 2.26. The molecule has 0 bridgehead atoms. The molecule has 0 radical (unpaired) electrons. The van der Waals surface area contributed by atoms with Crippen molar-refractivity contribution in [3.63, 3.8) is 0 Å². The normalized spacial score (nSPS) is 11.9. The van der Waals surface area contributed by atoms with Gasteiger partial charge in [0.15, 0.2) is 0 Å². The van der Waals surface area contributed by atoms with Crippen LogP contribution < -0.4 is 5.32 Å². The van der Waals surface area contributed by atoms with E-state index in [4.69, 9.17) is 5.11 Å². The van der Waals surface area contributed by atoms with Crippen molar-refractivity contribution in [1.29, 1.82) is 0 Å². The van der Waals surface area contributed by atoms with E-state index in [0.29, 0.717) is 17.6 Å². The zero-order valence-corrected chi connectivity index (χ0v) is 17.0. The Morgan fingerprint density at radius 3 is 2.36 bits per heavy atom. The molecule has 28 heavy (non-hydrogen) atoms. The number of carboxylic acids is 1. The lowest BCUT2D eigenvalue weighted by molar-refractivity contribution is -0.136. The number of carboxylic acid groups (broad SMARTS) is 1. The second-order valence-corrected chi connectivity index (χ2v) is 7.32. The second kappa shape index (κ2) is 9.13. The van der Waals surface area contributed by atoms with Crippen molar-refractivity contribution < 1.29 is 28.6 Å². The Kier molecular flexibility index (Phi) is 7.11. The predicted molar refractivity (Wildman–Crippen MR) is 111 cm³/mol. The molecule has 3 N–H and O–H groups in total. The maximum Gasteiger partial charge on any atom is 0.321 e. The SMILES string of the molecule is CC/C(=C\C(=O)Nc1cccc(O)c1CC(=O)O)c1ccc(C(F)(F)I)cc1. The lowest BCUT2D eigenvalue weighted by atomic mass is 10.0. The number of rotatable bonds is 7. The fourth-order valence-electron chi connectivity index (χ4n) is 2.62. The van der Waals surface area contributed by atoms with Crippen molar-refractivity contribution in [3.05, 3.63) is 65.2 Å². The van der Waals surface area contributed by atoms with Crippen molar-refractivity contribution in [2.45, 2.75) is 23.7 Å².